The van der Waals surface area contributed by atoms with Gasteiger partial charge >= 0.3 is 6.18 Å². The van der Waals surface area contributed by atoms with Gasteiger partial charge in [-0.3, -0.25) is 9.59 Å². The minimum Gasteiger partial charge on any atom is -0.351 e. The predicted octanol–water partition coefficient (Wildman–Crippen LogP) is 4.08. The monoisotopic (exact) mass is 429 g/mol. The van der Waals surface area contributed by atoms with E-state index in [1.165, 1.54) is 16.5 Å². The zero-order valence-corrected chi connectivity index (χ0v) is 16.4. The highest BCUT2D eigenvalue weighted by Crippen LogP contribution is 2.32. The summed E-state index contributed by atoms with van der Waals surface area (Å²) in [5.41, 5.74) is -0.605. The zero-order chi connectivity index (χ0) is 20.6. The fourth-order valence-electron chi connectivity index (χ4n) is 2.80. The maximum atomic E-state index is 12.9. The summed E-state index contributed by atoms with van der Waals surface area (Å²) in [6.07, 6.45) is -4.54. The Labute approximate surface area is 166 Å². The number of nitrogens with one attached hydrogen (secondary N) is 1. The Hall–Kier alpha value is -2.39. The molecule has 2 aromatic heterocycles. The second kappa shape index (κ2) is 7.56. The van der Waals surface area contributed by atoms with E-state index >= 15 is 0 Å². The lowest BCUT2D eigenvalue weighted by molar-refractivity contribution is -0.137. The Kier molecular flexibility index (Phi) is 5.49. The molecule has 0 aliphatic carbocycles. The molecule has 148 valence electrons. The summed E-state index contributed by atoms with van der Waals surface area (Å²) in [6, 6.07) is 4.23. The van der Waals surface area contributed by atoms with Gasteiger partial charge in [-0.2, -0.15) is 13.2 Å². The maximum Gasteiger partial charge on any atom is 0.416 e. The molecule has 0 saturated heterocycles. The van der Waals surface area contributed by atoms with Gasteiger partial charge in [0.1, 0.15) is 5.69 Å². The van der Waals surface area contributed by atoms with Crippen molar-refractivity contribution in [1.82, 2.24) is 14.7 Å². The molecule has 0 spiro atoms. The number of benzene rings is 1. The van der Waals surface area contributed by atoms with Crippen molar-refractivity contribution in [3.8, 4) is 0 Å². The van der Waals surface area contributed by atoms with Gasteiger partial charge in [0.25, 0.3) is 11.5 Å². The first-order valence-corrected chi connectivity index (χ1v) is 9.47. The molecule has 5 nitrogen and oxygen atoms in total. The number of carbonyl (C=O) groups is 1. The van der Waals surface area contributed by atoms with Crippen LogP contribution in [0.1, 0.15) is 39.1 Å². The first-order valence-electron chi connectivity index (χ1n) is 8.27. The van der Waals surface area contributed by atoms with Gasteiger partial charge in [0.2, 0.25) is 0 Å². The van der Waals surface area contributed by atoms with Gasteiger partial charge in [-0.1, -0.05) is 11.6 Å². The van der Waals surface area contributed by atoms with Gasteiger partial charge in [0.15, 0.2) is 4.96 Å². The molecule has 10 heteroatoms. The second-order valence-electron chi connectivity index (χ2n) is 6.05. The van der Waals surface area contributed by atoms with Crippen molar-refractivity contribution in [2.75, 3.05) is 6.54 Å². The van der Waals surface area contributed by atoms with Crippen LogP contribution in [-0.4, -0.2) is 21.8 Å². The average Bonchev–Trinajstić information content (AvgIpc) is 2.92. The lowest BCUT2D eigenvalue weighted by Gasteiger charge is -2.10. The van der Waals surface area contributed by atoms with Crippen LogP contribution in [0.5, 0.6) is 0 Å². The van der Waals surface area contributed by atoms with Crippen LogP contribution >= 0.6 is 22.9 Å². The first-order chi connectivity index (χ1) is 13.1. The highest BCUT2D eigenvalue weighted by molar-refractivity contribution is 7.17. The Bertz CT molecular complexity index is 1120. The fraction of sp³-hybridized carbons (Fsp3) is 0.278. The average molecular weight is 430 g/mol. The van der Waals surface area contributed by atoms with Crippen LogP contribution in [0.3, 0.4) is 0 Å². The standard InChI is InChI=1S/C18H15ClF3N3O2S/c1-3-23-16(27)15-9(2)28-17-24-12(8-14(26)25(15)17)7-10-6-11(18(20,21)22)4-5-13(10)19/h4-6,8H,3,7H2,1-2H3,(H,23,27). The molecule has 0 fully saturated rings. The van der Waals surface area contributed by atoms with Gasteiger partial charge in [-0.15, -0.1) is 11.3 Å². The smallest absolute Gasteiger partial charge is 0.351 e. The van der Waals surface area contributed by atoms with Gasteiger partial charge in [0.05, 0.1) is 11.3 Å². The van der Waals surface area contributed by atoms with Crippen LogP contribution in [0.15, 0.2) is 29.1 Å². The highest BCUT2D eigenvalue weighted by Gasteiger charge is 2.31. The van der Waals surface area contributed by atoms with Gasteiger partial charge in [-0.25, -0.2) is 9.38 Å². The Balaban J connectivity index is 2.05. The summed E-state index contributed by atoms with van der Waals surface area (Å²) in [6.45, 7) is 3.87. The lowest BCUT2D eigenvalue weighted by Crippen LogP contribution is -2.28. The molecule has 3 aromatic rings. The molecule has 0 bridgehead atoms. The number of halogens is 4. The van der Waals surface area contributed by atoms with Crippen LogP contribution in [0, 0.1) is 6.92 Å². The van der Waals surface area contributed by atoms with Gasteiger partial charge in [-0.05, 0) is 37.6 Å². The van der Waals surface area contributed by atoms with E-state index in [1.807, 2.05) is 0 Å². The molecule has 0 radical (unpaired) electrons. The quantitative estimate of drug-likeness (QED) is 0.679. The molecule has 0 unspecified atom stereocenters. The zero-order valence-electron chi connectivity index (χ0n) is 14.9. The van der Waals surface area contributed by atoms with E-state index in [-0.39, 0.29) is 34.3 Å². The van der Waals surface area contributed by atoms with E-state index in [2.05, 4.69) is 10.3 Å². The van der Waals surface area contributed by atoms with Crippen LogP contribution < -0.4 is 10.9 Å². The molecule has 1 aromatic carbocycles. The normalized spacial score (nSPS) is 11.8. The van der Waals surface area contributed by atoms with E-state index in [0.29, 0.717) is 16.4 Å². The SMILES string of the molecule is CCNC(=O)c1c(C)sc2nc(Cc3cc(C(F)(F)F)ccc3Cl)cc(=O)n12. The van der Waals surface area contributed by atoms with Crippen molar-refractivity contribution < 1.29 is 18.0 Å². The molecule has 0 saturated carbocycles. The number of rotatable bonds is 4. The first kappa shape index (κ1) is 20.3. The van der Waals surface area contributed by atoms with Crippen molar-refractivity contribution in [1.29, 1.82) is 0 Å². The lowest BCUT2D eigenvalue weighted by atomic mass is 10.1. The van der Waals surface area contributed by atoms with Crippen molar-refractivity contribution in [3.63, 3.8) is 0 Å². The number of nitrogens with zero attached hydrogens (tertiary/aromatic N) is 2. The third-order valence-corrected chi connectivity index (χ3v) is 5.36. The predicted molar refractivity (Wildman–Crippen MR) is 101 cm³/mol. The van der Waals surface area contributed by atoms with Crippen molar-refractivity contribution >= 4 is 33.8 Å². The maximum absolute atomic E-state index is 12.9. The third kappa shape index (κ3) is 3.90. The largest absolute Gasteiger partial charge is 0.416 e. The molecule has 0 atom stereocenters. The van der Waals surface area contributed by atoms with Crippen molar-refractivity contribution in [2.45, 2.75) is 26.4 Å². The highest BCUT2D eigenvalue weighted by atomic mass is 35.5. The Morgan fingerprint density at radius 3 is 2.68 bits per heavy atom. The Morgan fingerprint density at radius 1 is 1.32 bits per heavy atom. The second-order valence-corrected chi connectivity index (χ2v) is 7.64. The molecular weight excluding hydrogens is 415 g/mol. The van der Waals surface area contributed by atoms with E-state index in [9.17, 15) is 22.8 Å². The number of thiazole rings is 1. The van der Waals surface area contributed by atoms with Crippen molar-refractivity contribution in [3.05, 3.63) is 67.0 Å². The molecule has 1 amide bonds. The third-order valence-electron chi connectivity index (χ3n) is 4.04. The number of alkyl halides is 3. The summed E-state index contributed by atoms with van der Waals surface area (Å²) in [5.74, 6) is -0.385. The van der Waals surface area contributed by atoms with Crippen molar-refractivity contribution in [2.24, 2.45) is 0 Å². The number of fused-ring (bicyclic) bond motifs is 1. The summed E-state index contributed by atoms with van der Waals surface area (Å²) in [5, 5.41) is 2.80. The molecule has 28 heavy (non-hydrogen) atoms. The molecular formula is C18H15ClF3N3O2S. The summed E-state index contributed by atoms with van der Waals surface area (Å²) in [4.78, 5) is 30.1. The summed E-state index contributed by atoms with van der Waals surface area (Å²) < 4.78 is 40.1. The fourth-order valence-corrected chi connectivity index (χ4v) is 3.98. The molecule has 3 rings (SSSR count). The molecule has 0 aliphatic rings. The summed E-state index contributed by atoms with van der Waals surface area (Å²) >= 11 is 7.19. The number of hydrogen-bond donors (Lipinski definition) is 1. The number of aromatic nitrogens is 2. The van der Waals surface area contributed by atoms with Crippen LogP contribution in [0.4, 0.5) is 13.2 Å². The number of carbonyl (C=O) groups excluding carboxylic acids is 1. The van der Waals surface area contributed by atoms with Crippen LogP contribution in [-0.2, 0) is 12.6 Å². The minimum absolute atomic E-state index is 0.0398. The van der Waals surface area contributed by atoms with E-state index in [0.717, 1.165) is 23.5 Å². The van der Waals surface area contributed by atoms with Gasteiger partial charge < -0.3 is 5.32 Å². The number of hydrogen-bond acceptors (Lipinski definition) is 4. The van der Waals surface area contributed by atoms with Gasteiger partial charge in [0, 0.05) is 28.9 Å². The molecule has 2 heterocycles. The number of aryl methyl sites for hydroxylation is 1. The van der Waals surface area contributed by atoms with E-state index in [1.54, 1.807) is 13.8 Å². The van der Waals surface area contributed by atoms with Crippen LogP contribution in [0.2, 0.25) is 5.02 Å². The van der Waals surface area contributed by atoms with E-state index < -0.39 is 17.3 Å². The Morgan fingerprint density at radius 2 is 2.04 bits per heavy atom. The van der Waals surface area contributed by atoms with Crippen LogP contribution in [0.25, 0.3) is 4.96 Å². The van der Waals surface area contributed by atoms with E-state index in [4.69, 9.17) is 11.6 Å². The molecule has 0 aliphatic heterocycles. The minimum atomic E-state index is -4.50. The number of amides is 1. The summed E-state index contributed by atoms with van der Waals surface area (Å²) in [7, 11) is 0. The molecule has 1 N–H and O–H groups in total. The topological polar surface area (TPSA) is 63.5 Å².